The molecule has 1 atom stereocenters. The third kappa shape index (κ3) is 4.08. The first-order chi connectivity index (χ1) is 16.8. The summed E-state index contributed by atoms with van der Waals surface area (Å²) in [6.45, 7) is 3.84. The van der Waals surface area contributed by atoms with Crippen molar-refractivity contribution in [2.45, 2.75) is 38.1 Å². The lowest BCUT2D eigenvalue weighted by molar-refractivity contribution is 0.0698. The molecule has 1 aromatic heterocycles. The number of hydrogen-bond acceptors (Lipinski definition) is 4. The van der Waals surface area contributed by atoms with E-state index in [0.717, 1.165) is 35.1 Å². The van der Waals surface area contributed by atoms with Gasteiger partial charge in [-0.15, -0.1) is 6.42 Å². The quantitative estimate of drug-likeness (QED) is 0.328. The number of hydrogen-bond donors (Lipinski definition) is 2. The van der Waals surface area contributed by atoms with E-state index in [0.29, 0.717) is 22.4 Å². The molecule has 0 radical (unpaired) electrons. The minimum atomic E-state index is -1.01. The summed E-state index contributed by atoms with van der Waals surface area (Å²) in [5.74, 6) is 2.37. The van der Waals surface area contributed by atoms with Gasteiger partial charge in [-0.25, -0.2) is 4.79 Å². The Morgan fingerprint density at radius 3 is 2.49 bits per heavy atom. The maximum atomic E-state index is 13.1. The molecule has 0 saturated heterocycles. The summed E-state index contributed by atoms with van der Waals surface area (Å²) < 4.78 is 6.32. The zero-order chi connectivity index (χ0) is 24.7. The number of carbonyl (C=O) groups is 1. The summed E-state index contributed by atoms with van der Waals surface area (Å²) in [5, 5.41) is 13.3. The van der Waals surface area contributed by atoms with Crippen LogP contribution < -0.4 is 10.7 Å². The van der Waals surface area contributed by atoms with E-state index in [-0.39, 0.29) is 22.4 Å². The Balaban J connectivity index is 1.57. The Kier molecular flexibility index (Phi) is 5.45. The van der Waals surface area contributed by atoms with Crippen molar-refractivity contribution < 1.29 is 14.3 Å². The standard InChI is InChI=1S/C30H25NO4/c1-4-30(13-14-30)21-11-9-20(10-12-21)27-17-26(32)24-16-18(2)15-23(28(24)35-27)19(3)31-25-8-6-5-7-22(25)29(33)34/h1,5-12,15-17,19,31H,13-14H2,2-3H3,(H,33,34). The highest BCUT2D eigenvalue weighted by atomic mass is 16.4. The Morgan fingerprint density at radius 2 is 1.83 bits per heavy atom. The smallest absolute Gasteiger partial charge is 0.337 e. The second kappa shape index (κ2) is 8.48. The molecule has 1 saturated carbocycles. The fourth-order valence-electron chi connectivity index (χ4n) is 4.60. The van der Waals surface area contributed by atoms with E-state index in [1.807, 2.05) is 50.2 Å². The predicted octanol–water partition coefficient (Wildman–Crippen LogP) is 6.30. The minimum absolute atomic E-state index is 0.129. The molecule has 0 amide bonds. The summed E-state index contributed by atoms with van der Waals surface area (Å²) >= 11 is 0. The van der Waals surface area contributed by atoms with Crippen molar-refractivity contribution >= 4 is 22.6 Å². The topological polar surface area (TPSA) is 79.5 Å². The van der Waals surface area contributed by atoms with Crippen LogP contribution in [0.4, 0.5) is 5.69 Å². The Bertz CT molecular complexity index is 1550. The monoisotopic (exact) mass is 463 g/mol. The molecule has 1 heterocycles. The number of fused-ring (bicyclic) bond motifs is 1. The van der Waals surface area contributed by atoms with Crippen LogP contribution in [0.2, 0.25) is 0 Å². The lowest BCUT2D eigenvalue weighted by atomic mass is 9.95. The third-order valence-corrected chi connectivity index (χ3v) is 6.75. The number of aryl methyl sites for hydroxylation is 1. The first kappa shape index (κ1) is 22.5. The summed E-state index contributed by atoms with van der Waals surface area (Å²) in [7, 11) is 0. The van der Waals surface area contributed by atoms with E-state index in [2.05, 4.69) is 11.2 Å². The van der Waals surface area contributed by atoms with Crippen LogP contribution in [0.3, 0.4) is 0 Å². The number of para-hydroxylation sites is 1. The summed E-state index contributed by atoms with van der Waals surface area (Å²) in [5.41, 5.74) is 4.48. The van der Waals surface area contributed by atoms with Crippen molar-refractivity contribution in [1.29, 1.82) is 0 Å². The van der Waals surface area contributed by atoms with Gasteiger partial charge < -0.3 is 14.8 Å². The van der Waals surface area contributed by atoms with Gasteiger partial charge in [-0.3, -0.25) is 4.79 Å². The molecule has 0 aliphatic heterocycles. The molecule has 174 valence electrons. The van der Waals surface area contributed by atoms with Crippen LogP contribution in [-0.4, -0.2) is 11.1 Å². The van der Waals surface area contributed by atoms with Gasteiger partial charge in [0, 0.05) is 22.9 Å². The molecule has 0 spiro atoms. The van der Waals surface area contributed by atoms with E-state index >= 15 is 0 Å². The first-order valence-electron chi connectivity index (χ1n) is 11.6. The molecule has 5 rings (SSSR count). The number of carboxylic acids is 1. The highest BCUT2D eigenvalue weighted by Gasteiger charge is 2.42. The molecule has 35 heavy (non-hydrogen) atoms. The maximum absolute atomic E-state index is 13.1. The van der Waals surface area contributed by atoms with Crippen molar-refractivity contribution in [1.82, 2.24) is 0 Å². The summed E-state index contributed by atoms with van der Waals surface area (Å²) in [6.07, 6.45) is 7.71. The van der Waals surface area contributed by atoms with Gasteiger partial charge in [0.2, 0.25) is 0 Å². The van der Waals surface area contributed by atoms with E-state index < -0.39 is 5.97 Å². The van der Waals surface area contributed by atoms with Crippen LogP contribution in [0.15, 0.2) is 75.9 Å². The van der Waals surface area contributed by atoms with Gasteiger partial charge in [0.25, 0.3) is 0 Å². The minimum Gasteiger partial charge on any atom is -0.478 e. The van der Waals surface area contributed by atoms with Crippen LogP contribution in [0.5, 0.6) is 0 Å². The van der Waals surface area contributed by atoms with Gasteiger partial charge in [-0.2, -0.15) is 0 Å². The number of anilines is 1. The fourth-order valence-corrected chi connectivity index (χ4v) is 4.60. The Morgan fingerprint density at radius 1 is 1.11 bits per heavy atom. The van der Waals surface area contributed by atoms with Gasteiger partial charge in [-0.1, -0.05) is 48.4 Å². The molecular weight excluding hydrogens is 438 g/mol. The van der Waals surface area contributed by atoms with E-state index in [1.165, 1.54) is 6.07 Å². The Labute approximate surface area is 203 Å². The molecule has 2 N–H and O–H groups in total. The van der Waals surface area contributed by atoms with E-state index in [1.54, 1.807) is 24.3 Å². The third-order valence-electron chi connectivity index (χ3n) is 6.75. The second-order valence-corrected chi connectivity index (χ2v) is 9.23. The van der Waals surface area contributed by atoms with Gasteiger partial charge >= 0.3 is 5.97 Å². The van der Waals surface area contributed by atoms with Crippen LogP contribution in [-0.2, 0) is 5.41 Å². The average molecular weight is 464 g/mol. The Hall–Kier alpha value is -4.30. The number of carboxylic acid groups (broad SMARTS) is 1. The molecule has 5 heteroatoms. The molecular formula is C30H25NO4. The zero-order valence-corrected chi connectivity index (χ0v) is 19.6. The number of rotatable bonds is 6. The predicted molar refractivity (Wildman–Crippen MR) is 138 cm³/mol. The number of aromatic carboxylic acids is 1. The SMILES string of the molecule is C#CC1(c2ccc(-c3cc(=O)c4cc(C)cc(C(C)Nc5ccccc5C(=O)O)c4o3)cc2)CC1. The van der Waals surface area contributed by atoms with Crippen molar-refractivity contribution in [2.75, 3.05) is 5.32 Å². The second-order valence-electron chi connectivity index (χ2n) is 9.23. The number of benzene rings is 3. The van der Waals surface area contributed by atoms with Crippen LogP contribution in [0.1, 0.15) is 52.9 Å². The highest BCUT2D eigenvalue weighted by molar-refractivity contribution is 5.94. The average Bonchev–Trinajstić information content (AvgIpc) is 3.65. The van der Waals surface area contributed by atoms with Gasteiger partial charge in [-0.05, 0) is 56.0 Å². The summed E-state index contributed by atoms with van der Waals surface area (Å²) in [6, 6.07) is 19.6. The van der Waals surface area contributed by atoms with Crippen molar-refractivity contribution in [2.24, 2.45) is 0 Å². The fraction of sp³-hybridized carbons (Fsp3) is 0.200. The largest absolute Gasteiger partial charge is 0.478 e. The van der Waals surface area contributed by atoms with Crippen molar-refractivity contribution in [3.8, 4) is 23.7 Å². The van der Waals surface area contributed by atoms with Crippen LogP contribution >= 0.6 is 0 Å². The molecule has 1 fully saturated rings. The van der Waals surface area contributed by atoms with Crippen LogP contribution in [0, 0.1) is 19.3 Å². The number of terminal acetylenes is 1. The summed E-state index contributed by atoms with van der Waals surface area (Å²) in [4.78, 5) is 24.8. The van der Waals surface area contributed by atoms with E-state index in [9.17, 15) is 14.7 Å². The molecule has 1 unspecified atom stereocenters. The van der Waals surface area contributed by atoms with Gasteiger partial charge in [0.15, 0.2) is 5.43 Å². The van der Waals surface area contributed by atoms with Gasteiger partial charge in [0.05, 0.1) is 22.4 Å². The van der Waals surface area contributed by atoms with Crippen molar-refractivity contribution in [3.05, 3.63) is 99.2 Å². The lowest BCUT2D eigenvalue weighted by Crippen LogP contribution is -2.12. The molecule has 0 bridgehead atoms. The normalized spacial score (nSPS) is 14.8. The lowest BCUT2D eigenvalue weighted by Gasteiger charge is -2.19. The molecule has 5 nitrogen and oxygen atoms in total. The number of nitrogens with one attached hydrogen (secondary N) is 1. The highest BCUT2D eigenvalue weighted by Crippen LogP contribution is 2.47. The molecule has 1 aliphatic rings. The van der Waals surface area contributed by atoms with E-state index in [4.69, 9.17) is 10.8 Å². The molecule has 1 aliphatic carbocycles. The zero-order valence-electron chi connectivity index (χ0n) is 19.6. The maximum Gasteiger partial charge on any atom is 0.337 e. The van der Waals surface area contributed by atoms with Crippen molar-refractivity contribution in [3.63, 3.8) is 0 Å². The first-order valence-corrected chi connectivity index (χ1v) is 11.6. The molecule has 4 aromatic rings. The van der Waals surface area contributed by atoms with Gasteiger partial charge in [0.1, 0.15) is 11.3 Å². The van der Waals surface area contributed by atoms with Crippen LogP contribution in [0.25, 0.3) is 22.3 Å². The molecule has 3 aromatic carbocycles.